The Labute approximate surface area is 210 Å². The molecule has 35 heavy (non-hydrogen) atoms. The van der Waals surface area contributed by atoms with Crippen LogP contribution in [0.2, 0.25) is 10.0 Å². The fraction of sp³-hybridized carbons (Fsp3) is 0.154. The van der Waals surface area contributed by atoms with Gasteiger partial charge in [-0.15, -0.1) is 0 Å². The molecule has 0 spiro atoms. The van der Waals surface area contributed by atoms with E-state index in [0.717, 1.165) is 16.8 Å². The third kappa shape index (κ3) is 4.40. The van der Waals surface area contributed by atoms with Crippen molar-refractivity contribution in [2.45, 2.75) is 20.3 Å². The minimum atomic E-state index is -0.253. The maximum Gasteiger partial charge on any atom is 0.256 e. The molecule has 3 aromatic heterocycles. The van der Waals surface area contributed by atoms with Crippen LogP contribution < -0.4 is 10.9 Å². The average molecular weight is 506 g/mol. The number of aromatic amines is 2. The monoisotopic (exact) mass is 505 g/mol. The van der Waals surface area contributed by atoms with Crippen LogP contribution in [-0.2, 0) is 11.2 Å². The first kappa shape index (κ1) is 23.1. The van der Waals surface area contributed by atoms with Crippen molar-refractivity contribution in [3.63, 3.8) is 0 Å². The lowest BCUT2D eigenvalue weighted by atomic mass is 9.98. The van der Waals surface area contributed by atoms with E-state index in [1.165, 1.54) is 0 Å². The zero-order valence-electron chi connectivity index (χ0n) is 18.9. The Morgan fingerprint density at radius 2 is 1.83 bits per heavy atom. The van der Waals surface area contributed by atoms with Crippen molar-refractivity contribution in [3.05, 3.63) is 80.8 Å². The second kappa shape index (κ2) is 9.17. The van der Waals surface area contributed by atoms with E-state index in [2.05, 4.69) is 20.5 Å². The fourth-order valence-corrected chi connectivity index (χ4v) is 4.58. The van der Waals surface area contributed by atoms with Crippen LogP contribution in [0.4, 0.5) is 11.5 Å². The van der Waals surface area contributed by atoms with Crippen molar-refractivity contribution < 1.29 is 4.79 Å². The molecule has 9 heteroatoms. The number of carbonyl (C=O) groups excluding carboxylic acids is 1. The van der Waals surface area contributed by atoms with Crippen molar-refractivity contribution >= 4 is 62.2 Å². The number of fused-ring (bicyclic) bond motifs is 3. The predicted octanol–water partition coefficient (Wildman–Crippen LogP) is 6.28. The highest BCUT2D eigenvalue weighted by molar-refractivity contribution is 6.39. The van der Waals surface area contributed by atoms with Crippen LogP contribution in [0.15, 0.2) is 59.7 Å². The lowest BCUT2D eigenvalue weighted by Gasteiger charge is -2.15. The smallest absolute Gasteiger partial charge is 0.256 e. The molecular formula is C26H21Cl2N5O2. The van der Waals surface area contributed by atoms with E-state index >= 15 is 0 Å². The lowest BCUT2D eigenvalue weighted by molar-refractivity contribution is -0.121. The SMILES string of the molecule is CC(C)C(=O)Cc1ccc2nc(Nc3c(Cl)cc(-c4ccn[nH]4)cc3Cl)c3cc[nH]c(=O)c3c2c1. The number of aromatic nitrogens is 4. The molecular weight excluding hydrogens is 485 g/mol. The molecule has 0 radical (unpaired) electrons. The van der Waals surface area contributed by atoms with Gasteiger partial charge in [0, 0.05) is 41.1 Å². The van der Waals surface area contributed by atoms with Gasteiger partial charge in [0.15, 0.2) is 0 Å². The quantitative estimate of drug-likeness (QED) is 0.235. The summed E-state index contributed by atoms with van der Waals surface area (Å²) in [7, 11) is 0. The summed E-state index contributed by atoms with van der Waals surface area (Å²) in [4.78, 5) is 32.7. The van der Waals surface area contributed by atoms with Gasteiger partial charge in [0.25, 0.3) is 5.56 Å². The van der Waals surface area contributed by atoms with Crippen molar-refractivity contribution in [2.24, 2.45) is 5.92 Å². The molecule has 5 aromatic rings. The third-order valence-corrected chi connectivity index (χ3v) is 6.49. The second-order valence-corrected chi connectivity index (χ2v) is 9.43. The van der Waals surface area contributed by atoms with E-state index in [-0.39, 0.29) is 17.3 Å². The molecule has 0 amide bonds. The van der Waals surface area contributed by atoms with Crippen LogP contribution in [0.25, 0.3) is 32.9 Å². The molecule has 0 bridgehead atoms. The Morgan fingerprint density at radius 3 is 2.51 bits per heavy atom. The standard InChI is InChI=1S/C26H21Cl2N5O2/c1-13(2)22(34)10-14-3-4-21-17(9-14)23-16(5-7-29-26(23)35)25(31-21)32-24-18(27)11-15(12-19(24)28)20-6-8-30-33-20/h3-9,11-13H,10H2,1-2H3,(H,29,35)(H,30,33)(H,31,32). The topological polar surface area (TPSA) is 104 Å². The van der Waals surface area contributed by atoms with Gasteiger partial charge in [-0.05, 0) is 42.0 Å². The van der Waals surface area contributed by atoms with Gasteiger partial charge in [-0.2, -0.15) is 5.10 Å². The number of H-pyrrole nitrogens is 2. The minimum absolute atomic E-state index is 0.0651. The van der Waals surface area contributed by atoms with Crippen molar-refractivity contribution in [3.8, 4) is 11.3 Å². The second-order valence-electron chi connectivity index (χ2n) is 8.62. The summed E-state index contributed by atoms with van der Waals surface area (Å²) in [5.74, 6) is 0.518. The predicted molar refractivity (Wildman–Crippen MR) is 141 cm³/mol. The molecule has 0 atom stereocenters. The Balaban J connectivity index is 1.63. The van der Waals surface area contributed by atoms with Gasteiger partial charge in [-0.25, -0.2) is 4.98 Å². The molecule has 2 aromatic carbocycles. The summed E-state index contributed by atoms with van der Waals surface area (Å²) in [6.07, 6.45) is 3.52. The zero-order chi connectivity index (χ0) is 24.7. The molecule has 0 aliphatic heterocycles. The van der Waals surface area contributed by atoms with E-state index in [4.69, 9.17) is 28.2 Å². The lowest BCUT2D eigenvalue weighted by Crippen LogP contribution is -2.11. The van der Waals surface area contributed by atoms with E-state index < -0.39 is 0 Å². The number of ketones is 1. The largest absolute Gasteiger partial charge is 0.337 e. The molecule has 0 unspecified atom stereocenters. The summed E-state index contributed by atoms with van der Waals surface area (Å²) >= 11 is 13.2. The number of rotatable bonds is 6. The average Bonchev–Trinajstić information content (AvgIpc) is 3.36. The van der Waals surface area contributed by atoms with Crippen molar-refractivity contribution in [1.82, 2.24) is 20.2 Å². The first-order valence-electron chi connectivity index (χ1n) is 11.0. The van der Waals surface area contributed by atoms with Crippen LogP contribution in [0.5, 0.6) is 0 Å². The first-order valence-corrected chi connectivity index (χ1v) is 11.8. The molecule has 3 N–H and O–H groups in total. The first-order chi connectivity index (χ1) is 16.8. The molecule has 0 saturated carbocycles. The molecule has 7 nitrogen and oxygen atoms in total. The Hall–Kier alpha value is -3.68. The highest BCUT2D eigenvalue weighted by atomic mass is 35.5. The maximum atomic E-state index is 12.9. The van der Waals surface area contributed by atoms with Crippen LogP contribution in [0, 0.1) is 5.92 Å². The van der Waals surface area contributed by atoms with Crippen LogP contribution in [-0.4, -0.2) is 25.9 Å². The molecule has 0 aliphatic rings. The third-order valence-electron chi connectivity index (χ3n) is 5.90. The Morgan fingerprint density at radius 1 is 1.06 bits per heavy atom. The number of anilines is 2. The number of pyridine rings is 2. The highest BCUT2D eigenvalue weighted by Gasteiger charge is 2.17. The van der Waals surface area contributed by atoms with Crippen molar-refractivity contribution in [2.75, 3.05) is 5.32 Å². The summed E-state index contributed by atoms with van der Waals surface area (Å²) in [5.41, 5.74) is 3.25. The number of nitrogens with one attached hydrogen (secondary N) is 3. The van der Waals surface area contributed by atoms with E-state index in [9.17, 15) is 9.59 Å². The molecule has 0 fully saturated rings. The molecule has 176 valence electrons. The normalized spacial score (nSPS) is 11.5. The van der Waals surface area contributed by atoms with Crippen LogP contribution >= 0.6 is 23.2 Å². The number of carbonyl (C=O) groups is 1. The van der Waals surface area contributed by atoms with Gasteiger partial charge in [-0.1, -0.05) is 43.1 Å². The zero-order valence-corrected chi connectivity index (χ0v) is 20.5. The number of hydrogen-bond donors (Lipinski definition) is 3. The highest BCUT2D eigenvalue weighted by Crippen LogP contribution is 2.38. The maximum absolute atomic E-state index is 12.9. The van der Waals surface area contributed by atoms with Gasteiger partial charge >= 0.3 is 0 Å². The number of hydrogen-bond acceptors (Lipinski definition) is 5. The number of benzene rings is 2. The molecule has 3 heterocycles. The summed E-state index contributed by atoms with van der Waals surface area (Å²) < 4.78 is 0. The van der Waals surface area contributed by atoms with Gasteiger partial charge in [0.05, 0.1) is 32.3 Å². The van der Waals surface area contributed by atoms with Crippen molar-refractivity contribution in [1.29, 1.82) is 0 Å². The summed E-state index contributed by atoms with van der Waals surface area (Å²) in [6, 6.07) is 12.7. The number of halogens is 2. The summed E-state index contributed by atoms with van der Waals surface area (Å²) in [5, 5.41) is 12.6. The van der Waals surface area contributed by atoms with Gasteiger partial charge in [0.1, 0.15) is 11.6 Å². The van der Waals surface area contributed by atoms with Gasteiger partial charge in [-0.3, -0.25) is 14.7 Å². The van der Waals surface area contributed by atoms with E-state index in [0.29, 0.717) is 49.6 Å². The van der Waals surface area contributed by atoms with E-state index in [1.807, 2.05) is 38.1 Å². The molecule has 0 saturated heterocycles. The van der Waals surface area contributed by atoms with Crippen LogP contribution in [0.1, 0.15) is 19.4 Å². The molecule has 0 aliphatic carbocycles. The number of Topliss-reactive ketones (excluding diaryl/α,β-unsaturated/α-hetero) is 1. The van der Waals surface area contributed by atoms with E-state index in [1.54, 1.807) is 30.6 Å². The summed E-state index contributed by atoms with van der Waals surface area (Å²) in [6.45, 7) is 3.75. The fourth-order valence-electron chi connectivity index (χ4n) is 4.00. The Kier molecular flexibility index (Phi) is 6.05. The minimum Gasteiger partial charge on any atom is -0.337 e. The number of nitrogens with zero attached hydrogens (tertiary/aromatic N) is 2. The van der Waals surface area contributed by atoms with Gasteiger partial charge in [0.2, 0.25) is 0 Å². The Bertz CT molecular complexity index is 1620. The molecule has 5 rings (SSSR count). The van der Waals surface area contributed by atoms with Crippen LogP contribution in [0.3, 0.4) is 0 Å². The van der Waals surface area contributed by atoms with Gasteiger partial charge < -0.3 is 10.3 Å².